The molecule has 2 amide bonds. The van der Waals surface area contributed by atoms with Crippen LogP contribution in [0.15, 0.2) is 36.4 Å². The van der Waals surface area contributed by atoms with Crippen LogP contribution in [-0.4, -0.2) is 53.2 Å². The largest absolute Gasteiger partial charge is 0.378 e. The Hall–Kier alpha value is -3.00. The molecule has 0 atom stereocenters. The highest BCUT2D eigenvalue weighted by molar-refractivity contribution is 5.92. The number of ether oxygens (including phenoxy) is 1. The molecule has 1 aromatic carbocycles. The maximum absolute atomic E-state index is 12.3. The van der Waals surface area contributed by atoms with Crippen molar-refractivity contribution >= 4 is 29.0 Å². The van der Waals surface area contributed by atoms with Crippen LogP contribution in [0.25, 0.3) is 0 Å². The summed E-state index contributed by atoms with van der Waals surface area (Å²) in [4.78, 5) is 25.1. The van der Waals surface area contributed by atoms with Crippen molar-refractivity contribution in [2.24, 2.45) is 0 Å². The summed E-state index contributed by atoms with van der Waals surface area (Å²) in [5.74, 6) is 0.233. The zero-order chi connectivity index (χ0) is 17.6. The number of benzene rings is 1. The number of nitrogens with one attached hydrogen (secondary N) is 2. The zero-order valence-corrected chi connectivity index (χ0v) is 13.9. The first-order valence-corrected chi connectivity index (χ1v) is 7.97. The van der Waals surface area contributed by atoms with Crippen LogP contribution in [0, 0.1) is 0 Å². The number of morpholine rings is 1. The Morgan fingerprint density at radius 3 is 2.52 bits per heavy atom. The van der Waals surface area contributed by atoms with E-state index in [1.807, 2.05) is 12.1 Å². The average molecular weight is 341 g/mol. The quantitative estimate of drug-likeness (QED) is 0.878. The molecule has 2 N–H and O–H groups in total. The summed E-state index contributed by atoms with van der Waals surface area (Å²) in [6.07, 6.45) is 0. The van der Waals surface area contributed by atoms with Crippen LogP contribution in [0.2, 0.25) is 0 Å². The van der Waals surface area contributed by atoms with Gasteiger partial charge in [-0.3, -0.25) is 9.59 Å². The lowest BCUT2D eigenvalue weighted by atomic mass is 10.2. The first-order chi connectivity index (χ1) is 12.1. The highest BCUT2D eigenvalue weighted by Gasteiger charge is 2.19. The van der Waals surface area contributed by atoms with E-state index in [0.717, 1.165) is 5.69 Å². The standard InChI is InChI=1S/C17H19N5O3/c1-12(23)18-13-3-2-4-14(11-13)19-16-6-5-15(20-21-16)17(24)22-7-9-25-10-8-22/h2-6,11H,7-10H2,1H3,(H,18,23)(H,19,21). The SMILES string of the molecule is CC(=O)Nc1cccc(Nc2ccc(C(=O)N3CCOCC3)nn2)c1. The lowest BCUT2D eigenvalue weighted by Gasteiger charge is -2.26. The van der Waals surface area contributed by atoms with Gasteiger partial charge in [-0.2, -0.15) is 0 Å². The van der Waals surface area contributed by atoms with E-state index in [0.29, 0.717) is 43.5 Å². The monoisotopic (exact) mass is 341 g/mol. The van der Waals surface area contributed by atoms with Crippen LogP contribution in [0.1, 0.15) is 17.4 Å². The van der Waals surface area contributed by atoms with Crippen LogP contribution in [0.3, 0.4) is 0 Å². The number of amides is 2. The van der Waals surface area contributed by atoms with E-state index in [-0.39, 0.29) is 11.8 Å². The van der Waals surface area contributed by atoms with E-state index >= 15 is 0 Å². The van der Waals surface area contributed by atoms with Crippen molar-refractivity contribution in [2.75, 3.05) is 36.9 Å². The van der Waals surface area contributed by atoms with Crippen LogP contribution >= 0.6 is 0 Å². The molecule has 8 heteroatoms. The molecule has 1 aromatic heterocycles. The van der Waals surface area contributed by atoms with Crippen LogP contribution in [0.4, 0.5) is 17.2 Å². The molecule has 0 bridgehead atoms. The molecule has 2 heterocycles. The number of hydrogen-bond acceptors (Lipinski definition) is 6. The van der Waals surface area contributed by atoms with Crippen molar-refractivity contribution in [3.8, 4) is 0 Å². The molecule has 8 nitrogen and oxygen atoms in total. The van der Waals surface area contributed by atoms with Gasteiger partial charge in [-0.1, -0.05) is 6.07 Å². The van der Waals surface area contributed by atoms with Gasteiger partial charge in [0.25, 0.3) is 5.91 Å². The Labute approximate surface area is 145 Å². The minimum Gasteiger partial charge on any atom is -0.378 e. The lowest BCUT2D eigenvalue weighted by molar-refractivity contribution is -0.114. The van der Waals surface area contributed by atoms with Crippen LogP contribution in [-0.2, 0) is 9.53 Å². The van der Waals surface area contributed by atoms with Crippen molar-refractivity contribution in [3.63, 3.8) is 0 Å². The van der Waals surface area contributed by atoms with Gasteiger partial charge >= 0.3 is 0 Å². The van der Waals surface area contributed by atoms with Gasteiger partial charge in [0.15, 0.2) is 11.5 Å². The molecule has 25 heavy (non-hydrogen) atoms. The summed E-state index contributed by atoms with van der Waals surface area (Å²) in [7, 11) is 0. The second-order valence-corrected chi connectivity index (χ2v) is 5.60. The second kappa shape index (κ2) is 7.71. The Balaban J connectivity index is 1.66. The highest BCUT2D eigenvalue weighted by atomic mass is 16.5. The van der Waals surface area contributed by atoms with Crippen molar-refractivity contribution in [1.82, 2.24) is 15.1 Å². The predicted molar refractivity (Wildman–Crippen MR) is 92.8 cm³/mol. The molecule has 1 fully saturated rings. The van der Waals surface area contributed by atoms with E-state index < -0.39 is 0 Å². The molecule has 0 spiro atoms. The fourth-order valence-corrected chi connectivity index (χ4v) is 2.47. The molecule has 1 aliphatic rings. The van der Waals surface area contributed by atoms with Gasteiger partial charge in [-0.25, -0.2) is 0 Å². The molecule has 1 saturated heterocycles. The first kappa shape index (κ1) is 16.8. The number of anilines is 3. The Kier molecular flexibility index (Phi) is 5.20. The van der Waals surface area contributed by atoms with E-state index in [9.17, 15) is 9.59 Å². The van der Waals surface area contributed by atoms with Gasteiger partial charge in [0, 0.05) is 31.4 Å². The van der Waals surface area contributed by atoms with Crippen molar-refractivity contribution in [3.05, 3.63) is 42.1 Å². The lowest BCUT2D eigenvalue weighted by Crippen LogP contribution is -2.41. The first-order valence-electron chi connectivity index (χ1n) is 7.97. The number of nitrogens with zero attached hydrogens (tertiary/aromatic N) is 3. The average Bonchev–Trinajstić information content (AvgIpc) is 2.62. The minimum atomic E-state index is -0.144. The van der Waals surface area contributed by atoms with Gasteiger partial charge in [0.2, 0.25) is 5.91 Å². The number of carbonyl (C=O) groups excluding carboxylic acids is 2. The fourth-order valence-electron chi connectivity index (χ4n) is 2.47. The summed E-state index contributed by atoms with van der Waals surface area (Å²) >= 11 is 0. The summed E-state index contributed by atoms with van der Waals surface area (Å²) in [5.41, 5.74) is 1.75. The summed E-state index contributed by atoms with van der Waals surface area (Å²) in [6.45, 7) is 3.68. The van der Waals surface area contributed by atoms with Gasteiger partial charge in [-0.05, 0) is 30.3 Å². The van der Waals surface area contributed by atoms with E-state index in [4.69, 9.17) is 4.74 Å². The molecular weight excluding hydrogens is 322 g/mol. The van der Waals surface area contributed by atoms with E-state index in [1.54, 1.807) is 29.2 Å². The molecule has 0 saturated carbocycles. The van der Waals surface area contributed by atoms with Crippen LogP contribution in [0.5, 0.6) is 0 Å². The predicted octanol–water partition coefficient (Wildman–Crippen LogP) is 1.65. The van der Waals surface area contributed by atoms with Crippen LogP contribution < -0.4 is 10.6 Å². The van der Waals surface area contributed by atoms with Crippen molar-refractivity contribution < 1.29 is 14.3 Å². The number of aromatic nitrogens is 2. The Bertz CT molecular complexity index is 757. The topological polar surface area (TPSA) is 96.5 Å². The number of rotatable bonds is 4. The molecule has 0 radical (unpaired) electrons. The summed E-state index contributed by atoms with van der Waals surface area (Å²) in [6, 6.07) is 10.6. The third kappa shape index (κ3) is 4.51. The summed E-state index contributed by atoms with van der Waals surface area (Å²) in [5, 5.41) is 13.9. The molecule has 3 rings (SSSR count). The van der Waals surface area contributed by atoms with Gasteiger partial charge in [-0.15, -0.1) is 10.2 Å². The molecule has 1 aliphatic heterocycles. The molecule has 2 aromatic rings. The third-order valence-electron chi connectivity index (χ3n) is 3.64. The van der Waals surface area contributed by atoms with Crippen molar-refractivity contribution in [1.29, 1.82) is 0 Å². The maximum Gasteiger partial charge on any atom is 0.274 e. The smallest absolute Gasteiger partial charge is 0.274 e. The maximum atomic E-state index is 12.3. The normalized spacial score (nSPS) is 14.0. The molecule has 0 unspecified atom stereocenters. The van der Waals surface area contributed by atoms with Crippen molar-refractivity contribution in [2.45, 2.75) is 6.92 Å². The third-order valence-corrected chi connectivity index (χ3v) is 3.64. The molecular formula is C17H19N5O3. The van der Waals surface area contributed by atoms with Gasteiger partial charge in [0.1, 0.15) is 0 Å². The van der Waals surface area contributed by atoms with Gasteiger partial charge in [0.05, 0.1) is 13.2 Å². The Morgan fingerprint density at radius 1 is 1.08 bits per heavy atom. The number of carbonyl (C=O) groups is 2. The van der Waals surface area contributed by atoms with Gasteiger partial charge < -0.3 is 20.3 Å². The molecule has 0 aliphatic carbocycles. The highest BCUT2D eigenvalue weighted by Crippen LogP contribution is 2.19. The molecule has 130 valence electrons. The summed E-state index contributed by atoms with van der Waals surface area (Å²) < 4.78 is 5.24. The second-order valence-electron chi connectivity index (χ2n) is 5.60. The van der Waals surface area contributed by atoms with E-state index in [2.05, 4.69) is 20.8 Å². The van der Waals surface area contributed by atoms with E-state index in [1.165, 1.54) is 6.92 Å². The fraction of sp³-hybridized carbons (Fsp3) is 0.294. The Morgan fingerprint density at radius 2 is 1.84 bits per heavy atom. The zero-order valence-electron chi connectivity index (χ0n) is 13.9. The number of hydrogen-bond donors (Lipinski definition) is 2. The minimum absolute atomic E-state index is 0.136.